The van der Waals surface area contributed by atoms with Crippen molar-refractivity contribution in [1.29, 1.82) is 0 Å². The smallest absolute Gasteiger partial charge is 0.276 e. The van der Waals surface area contributed by atoms with Crippen molar-refractivity contribution in [3.63, 3.8) is 0 Å². The number of benzene rings is 3. The summed E-state index contributed by atoms with van der Waals surface area (Å²) in [5.41, 5.74) is 3.84. The average Bonchev–Trinajstić information content (AvgIpc) is 3.61. The molecule has 1 saturated carbocycles. The molecule has 3 aromatic carbocycles. The molecular weight excluding hydrogens is 478 g/mol. The number of hydrazone groups is 1. The van der Waals surface area contributed by atoms with E-state index in [1.54, 1.807) is 24.3 Å². The monoisotopic (exact) mass is 507 g/mol. The third-order valence-corrected chi connectivity index (χ3v) is 8.50. The number of halogens is 1. The minimum atomic E-state index is -3.79. The van der Waals surface area contributed by atoms with Crippen molar-refractivity contribution in [3.8, 4) is 0 Å². The van der Waals surface area contributed by atoms with Crippen LogP contribution in [0.3, 0.4) is 0 Å². The quantitative estimate of drug-likeness (QED) is 0.239. The molecule has 3 atom stereocenters. The van der Waals surface area contributed by atoms with E-state index in [-0.39, 0.29) is 17.0 Å². The van der Waals surface area contributed by atoms with Crippen LogP contribution in [0.25, 0.3) is 0 Å². The first-order chi connectivity index (χ1) is 16.9. The summed E-state index contributed by atoms with van der Waals surface area (Å²) in [4.78, 5) is 5.24. The van der Waals surface area contributed by atoms with Crippen molar-refractivity contribution in [2.45, 2.75) is 62.0 Å². The lowest BCUT2D eigenvalue weighted by molar-refractivity contribution is 0.277. The number of aryl methyl sites for hydroxylation is 1. The van der Waals surface area contributed by atoms with Gasteiger partial charge in [0, 0.05) is 11.1 Å². The average molecular weight is 508 g/mol. The SMILES string of the molecule is Cc1ccc(S(=O)(=O)N/N=C(\c2ccccc2)[C@@H]2[C@H](c3ccc(Cl)cc3)N2C2CCCCC2)cc1. The summed E-state index contributed by atoms with van der Waals surface area (Å²) in [7, 11) is -3.79. The fourth-order valence-corrected chi connectivity index (χ4v) is 6.12. The van der Waals surface area contributed by atoms with E-state index in [4.69, 9.17) is 11.6 Å². The zero-order valence-electron chi connectivity index (χ0n) is 19.8. The highest BCUT2D eigenvalue weighted by Crippen LogP contribution is 2.49. The second kappa shape index (κ2) is 10.1. The molecule has 1 unspecified atom stereocenters. The number of sulfonamides is 1. The Labute approximate surface area is 212 Å². The Hall–Kier alpha value is -2.67. The van der Waals surface area contributed by atoms with Crippen LogP contribution in [0.15, 0.2) is 88.9 Å². The highest BCUT2D eigenvalue weighted by Gasteiger charge is 2.55. The van der Waals surface area contributed by atoms with Crippen molar-refractivity contribution < 1.29 is 8.42 Å². The first kappa shape index (κ1) is 24.0. The van der Waals surface area contributed by atoms with Crippen molar-refractivity contribution in [3.05, 3.63) is 101 Å². The van der Waals surface area contributed by atoms with Crippen LogP contribution >= 0.6 is 11.6 Å². The second-order valence-electron chi connectivity index (χ2n) is 9.45. The number of hydrogen-bond acceptors (Lipinski definition) is 4. The van der Waals surface area contributed by atoms with Gasteiger partial charge in [0.25, 0.3) is 10.0 Å². The molecule has 2 fully saturated rings. The van der Waals surface area contributed by atoms with Crippen LogP contribution in [0.4, 0.5) is 0 Å². The van der Waals surface area contributed by atoms with Gasteiger partial charge in [-0.1, -0.05) is 91.0 Å². The Morgan fingerprint density at radius 2 is 1.57 bits per heavy atom. The molecule has 0 amide bonds. The van der Waals surface area contributed by atoms with Gasteiger partial charge in [0.1, 0.15) is 0 Å². The maximum absolute atomic E-state index is 13.0. The van der Waals surface area contributed by atoms with E-state index in [1.165, 1.54) is 24.8 Å². The number of nitrogens with zero attached hydrogens (tertiary/aromatic N) is 2. The predicted octanol–water partition coefficient (Wildman–Crippen LogP) is 6.09. The molecule has 5 nitrogen and oxygen atoms in total. The minimum absolute atomic E-state index is 0.0117. The van der Waals surface area contributed by atoms with Crippen molar-refractivity contribution in [1.82, 2.24) is 9.73 Å². The Morgan fingerprint density at radius 3 is 2.23 bits per heavy atom. The third-order valence-electron chi connectivity index (χ3n) is 7.03. The fourth-order valence-electron chi connectivity index (χ4n) is 5.18. The molecule has 35 heavy (non-hydrogen) atoms. The van der Waals surface area contributed by atoms with E-state index in [0.29, 0.717) is 11.1 Å². The molecule has 7 heteroatoms. The van der Waals surface area contributed by atoms with Gasteiger partial charge in [0.2, 0.25) is 0 Å². The molecule has 1 N–H and O–H groups in total. The van der Waals surface area contributed by atoms with Crippen LogP contribution in [0.5, 0.6) is 0 Å². The van der Waals surface area contributed by atoms with Crippen molar-refractivity contribution in [2.75, 3.05) is 0 Å². The van der Waals surface area contributed by atoms with Gasteiger partial charge in [-0.05, 0) is 55.2 Å². The summed E-state index contributed by atoms with van der Waals surface area (Å²) in [5.74, 6) is 0. The molecule has 1 saturated heterocycles. The molecule has 5 rings (SSSR count). The van der Waals surface area contributed by atoms with E-state index in [1.807, 2.05) is 49.4 Å². The summed E-state index contributed by atoms with van der Waals surface area (Å²) in [6.45, 7) is 1.93. The van der Waals surface area contributed by atoms with Crippen LogP contribution in [-0.2, 0) is 10.0 Å². The van der Waals surface area contributed by atoms with E-state index in [9.17, 15) is 8.42 Å². The third kappa shape index (κ3) is 5.30. The summed E-state index contributed by atoms with van der Waals surface area (Å²) < 4.78 is 26.1. The second-order valence-corrected chi connectivity index (χ2v) is 11.5. The highest BCUT2D eigenvalue weighted by atomic mass is 35.5. The van der Waals surface area contributed by atoms with Crippen LogP contribution in [0.1, 0.15) is 54.8 Å². The molecule has 3 aromatic rings. The first-order valence-corrected chi connectivity index (χ1v) is 14.0. The van der Waals surface area contributed by atoms with E-state index >= 15 is 0 Å². The topological polar surface area (TPSA) is 61.5 Å². The molecule has 1 heterocycles. The Balaban J connectivity index is 1.52. The van der Waals surface area contributed by atoms with E-state index in [2.05, 4.69) is 27.0 Å². The standard InChI is InChI=1S/C28H30ClN3O2S/c1-20-12-18-25(19-13-20)35(33,34)31-30-26(21-8-4-2-5-9-21)28-27(22-14-16-23(29)17-15-22)32(28)24-10-6-3-7-11-24/h2,4-5,8-9,12-19,24,27-28,31H,3,6-7,10-11H2,1H3/b30-26+/t27-,28+,32?/m0/s1. The van der Waals surface area contributed by atoms with Crippen molar-refractivity contribution in [2.24, 2.45) is 5.10 Å². The molecule has 1 aliphatic heterocycles. The Kier molecular flexibility index (Phi) is 6.96. The van der Waals surface area contributed by atoms with Gasteiger partial charge < -0.3 is 0 Å². The van der Waals surface area contributed by atoms with Gasteiger partial charge in [0.15, 0.2) is 0 Å². The number of rotatable bonds is 7. The Bertz CT molecular complexity index is 1290. The zero-order valence-corrected chi connectivity index (χ0v) is 21.3. The molecular formula is C28H30ClN3O2S. The summed E-state index contributed by atoms with van der Waals surface area (Å²) in [6, 6.07) is 25.2. The van der Waals surface area contributed by atoms with Gasteiger partial charge >= 0.3 is 0 Å². The van der Waals surface area contributed by atoms with Crippen molar-refractivity contribution >= 4 is 27.3 Å². The van der Waals surface area contributed by atoms with Gasteiger partial charge in [-0.3, -0.25) is 4.90 Å². The molecule has 0 aromatic heterocycles. The maximum atomic E-state index is 13.0. The number of hydrogen-bond donors (Lipinski definition) is 1. The van der Waals surface area contributed by atoms with Gasteiger partial charge in [-0.15, -0.1) is 0 Å². The van der Waals surface area contributed by atoms with Crippen LogP contribution in [0, 0.1) is 6.92 Å². The van der Waals surface area contributed by atoms with Crippen LogP contribution < -0.4 is 4.83 Å². The lowest BCUT2D eigenvalue weighted by Crippen LogP contribution is -2.28. The summed E-state index contributed by atoms with van der Waals surface area (Å²) in [5, 5.41) is 5.28. The van der Waals surface area contributed by atoms with E-state index < -0.39 is 10.0 Å². The predicted molar refractivity (Wildman–Crippen MR) is 141 cm³/mol. The lowest BCUT2D eigenvalue weighted by atomic mass is 9.95. The number of nitrogens with one attached hydrogen (secondary N) is 1. The molecule has 0 radical (unpaired) electrons. The molecule has 2 aliphatic rings. The van der Waals surface area contributed by atoms with Gasteiger partial charge in [0.05, 0.1) is 22.7 Å². The van der Waals surface area contributed by atoms with Gasteiger partial charge in [-0.25, -0.2) is 0 Å². The van der Waals surface area contributed by atoms with Gasteiger partial charge in [-0.2, -0.15) is 18.4 Å². The summed E-state index contributed by atoms with van der Waals surface area (Å²) in [6.07, 6.45) is 6.02. The van der Waals surface area contributed by atoms with Crippen LogP contribution in [-0.4, -0.2) is 31.1 Å². The molecule has 1 aliphatic carbocycles. The summed E-state index contributed by atoms with van der Waals surface area (Å²) >= 11 is 6.17. The largest absolute Gasteiger partial charge is 0.281 e. The molecule has 0 spiro atoms. The van der Waals surface area contributed by atoms with Crippen LogP contribution in [0.2, 0.25) is 5.02 Å². The normalized spacial score (nSPS) is 23.1. The first-order valence-electron chi connectivity index (χ1n) is 12.2. The van der Waals surface area contributed by atoms with E-state index in [0.717, 1.165) is 29.7 Å². The maximum Gasteiger partial charge on any atom is 0.276 e. The fraction of sp³-hybridized carbons (Fsp3) is 0.321. The Morgan fingerprint density at radius 1 is 0.914 bits per heavy atom. The molecule has 182 valence electrons. The minimum Gasteiger partial charge on any atom is -0.281 e. The molecule has 0 bridgehead atoms. The highest BCUT2D eigenvalue weighted by molar-refractivity contribution is 7.89. The lowest BCUT2D eigenvalue weighted by Gasteiger charge is -2.24. The zero-order chi connectivity index (χ0) is 24.4.